The number of halogens is 1. The van der Waals surface area contributed by atoms with Crippen molar-refractivity contribution in [2.45, 2.75) is 6.54 Å². The molecule has 1 aromatic heterocycles. The Hall–Kier alpha value is -3.13. The number of benzene rings is 2. The molecule has 0 aliphatic rings. The second-order valence-electron chi connectivity index (χ2n) is 5.59. The van der Waals surface area contributed by atoms with Gasteiger partial charge in [-0.15, -0.1) is 0 Å². The third-order valence-electron chi connectivity index (χ3n) is 3.67. The van der Waals surface area contributed by atoms with Gasteiger partial charge in [0.05, 0.1) is 11.5 Å². The van der Waals surface area contributed by atoms with Crippen LogP contribution in [0.3, 0.4) is 0 Å². The highest BCUT2D eigenvalue weighted by atomic mass is 79.9. The lowest BCUT2D eigenvalue weighted by Gasteiger charge is -2.06. The number of nitrogens with one attached hydrogen (secondary N) is 1. The molecule has 0 radical (unpaired) electrons. The number of furan rings is 1. The number of amides is 1. The molecule has 0 fully saturated rings. The minimum Gasteiger partial charge on any atom is -0.484 e. The van der Waals surface area contributed by atoms with Gasteiger partial charge in [-0.2, -0.15) is 0 Å². The van der Waals surface area contributed by atoms with E-state index in [9.17, 15) is 14.9 Å². The molecule has 0 bridgehead atoms. The van der Waals surface area contributed by atoms with Gasteiger partial charge < -0.3 is 14.5 Å². The molecule has 8 heteroatoms. The van der Waals surface area contributed by atoms with Crippen LogP contribution in [0.5, 0.6) is 5.75 Å². The average Bonchev–Trinajstić information content (AvgIpc) is 3.14. The van der Waals surface area contributed by atoms with Gasteiger partial charge in [0, 0.05) is 22.2 Å². The van der Waals surface area contributed by atoms with Crippen LogP contribution in [0.4, 0.5) is 5.69 Å². The number of nitrogens with zero attached hydrogens (tertiary/aromatic N) is 1. The monoisotopic (exact) mass is 430 g/mol. The van der Waals surface area contributed by atoms with Crippen molar-refractivity contribution in [1.82, 2.24) is 5.32 Å². The SMILES string of the molecule is O=C(COc1ccc([N+](=O)[O-])cc1)NCc1ccc(-c2ccc(Br)cc2)o1. The Morgan fingerprint density at radius 1 is 1.07 bits per heavy atom. The highest BCUT2D eigenvalue weighted by Crippen LogP contribution is 2.24. The van der Waals surface area contributed by atoms with Crippen LogP contribution in [0.15, 0.2) is 69.6 Å². The second-order valence-corrected chi connectivity index (χ2v) is 6.50. The summed E-state index contributed by atoms with van der Waals surface area (Å²) in [7, 11) is 0. The predicted octanol–water partition coefficient (Wildman–Crippen LogP) is 4.31. The van der Waals surface area contributed by atoms with Crippen LogP contribution in [0.1, 0.15) is 5.76 Å². The van der Waals surface area contributed by atoms with Gasteiger partial charge in [0.15, 0.2) is 6.61 Å². The number of hydrogen-bond acceptors (Lipinski definition) is 5. The van der Waals surface area contributed by atoms with E-state index in [0.29, 0.717) is 17.3 Å². The largest absolute Gasteiger partial charge is 0.484 e. The summed E-state index contributed by atoms with van der Waals surface area (Å²) in [4.78, 5) is 22.0. The first-order chi connectivity index (χ1) is 13.0. The molecule has 1 heterocycles. The third-order valence-corrected chi connectivity index (χ3v) is 4.20. The fourth-order valence-corrected chi connectivity index (χ4v) is 2.56. The summed E-state index contributed by atoms with van der Waals surface area (Å²) in [5.41, 5.74) is 0.906. The standard InChI is InChI=1S/C19H15BrN2O5/c20-14-3-1-13(2-4-14)18-10-9-17(27-18)11-21-19(23)12-26-16-7-5-15(6-8-16)22(24)25/h1-10H,11-12H2,(H,21,23). The van der Waals surface area contributed by atoms with Crippen LogP contribution in [0.25, 0.3) is 11.3 Å². The van der Waals surface area contributed by atoms with E-state index in [1.807, 2.05) is 30.3 Å². The Morgan fingerprint density at radius 2 is 1.78 bits per heavy atom. The van der Waals surface area contributed by atoms with Crippen molar-refractivity contribution in [2.75, 3.05) is 6.61 Å². The summed E-state index contributed by atoms with van der Waals surface area (Å²) >= 11 is 3.39. The molecule has 0 aliphatic heterocycles. The van der Waals surface area contributed by atoms with Crippen molar-refractivity contribution in [3.8, 4) is 17.1 Å². The zero-order valence-corrected chi connectivity index (χ0v) is 15.6. The van der Waals surface area contributed by atoms with Crippen molar-refractivity contribution >= 4 is 27.5 Å². The quantitative estimate of drug-likeness (QED) is 0.444. The lowest BCUT2D eigenvalue weighted by atomic mass is 10.2. The molecule has 27 heavy (non-hydrogen) atoms. The van der Waals surface area contributed by atoms with Gasteiger partial charge in [-0.1, -0.05) is 28.1 Å². The fourth-order valence-electron chi connectivity index (χ4n) is 2.29. The normalized spacial score (nSPS) is 10.4. The molecule has 0 atom stereocenters. The Morgan fingerprint density at radius 3 is 2.44 bits per heavy atom. The Bertz CT molecular complexity index is 935. The van der Waals surface area contributed by atoms with Gasteiger partial charge in [-0.05, 0) is 36.4 Å². The minimum absolute atomic E-state index is 0.0359. The number of ether oxygens (including phenoxy) is 1. The number of non-ortho nitro benzene ring substituents is 1. The van der Waals surface area contributed by atoms with E-state index in [2.05, 4.69) is 21.2 Å². The van der Waals surface area contributed by atoms with E-state index in [1.54, 1.807) is 6.07 Å². The second kappa shape index (κ2) is 8.50. The molecule has 138 valence electrons. The number of carbonyl (C=O) groups excluding carboxylic acids is 1. The topological polar surface area (TPSA) is 94.6 Å². The summed E-state index contributed by atoms with van der Waals surface area (Å²) in [6.07, 6.45) is 0. The van der Waals surface area contributed by atoms with E-state index in [0.717, 1.165) is 10.0 Å². The molecule has 3 aromatic rings. The van der Waals surface area contributed by atoms with E-state index in [4.69, 9.17) is 9.15 Å². The third kappa shape index (κ3) is 5.18. The van der Waals surface area contributed by atoms with Crippen molar-refractivity contribution in [1.29, 1.82) is 0 Å². The number of carbonyl (C=O) groups is 1. The summed E-state index contributed by atoms with van der Waals surface area (Å²) in [5, 5.41) is 13.3. The summed E-state index contributed by atoms with van der Waals surface area (Å²) < 4.78 is 12.0. The van der Waals surface area contributed by atoms with Crippen molar-refractivity contribution in [2.24, 2.45) is 0 Å². The van der Waals surface area contributed by atoms with Crippen molar-refractivity contribution < 1.29 is 18.9 Å². The first kappa shape index (κ1) is 18.7. The molecule has 0 saturated carbocycles. The van der Waals surface area contributed by atoms with Gasteiger partial charge in [0.1, 0.15) is 17.3 Å². The van der Waals surface area contributed by atoms with Gasteiger partial charge in [0.25, 0.3) is 11.6 Å². The molecular formula is C19H15BrN2O5. The van der Waals surface area contributed by atoms with Gasteiger partial charge >= 0.3 is 0 Å². The van der Waals surface area contributed by atoms with Crippen molar-refractivity contribution in [3.05, 3.63) is 81.0 Å². The zero-order valence-electron chi connectivity index (χ0n) is 14.1. The minimum atomic E-state index is -0.498. The number of hydrogen-bond donors (Lipinski definition) is 1. The summed E-state index contributed by atoms with van der Waals surface area (Å²) in [6, 6.07) is 16.9. The smallest absolute Gasteiger partial charge is 0.269 e. The molecule has 0 saturated heterocycles. The molecule has 7 nitrogen and oxygen atoms in total. The lowest BCUT2D eigenvalue weighted by molar-refractivity contribution is -0.384. The first-order valence-electron chi connectivity index (χ1n) is 8.00. The van der Waals surface area contributed by atoms with E-state index >= 15 is 0 Å². The average molecular weight is 431 g/mol. The lowest BCUT2D eigenvalue weighted by Crippen LogP contribution is -2.28. The van der Waals surface area contributed by atoms with Crippen LogP contribution in [0.2, 0.25) is 0 Å². The van der Waals surface area contributed by atoms with E-state index < -0.39 is 4.92 Å². The predicted molar refractivity (Wildman–Crippen MR) is 102 cm³/mol. The maximum Gasteiger partial charge on any atom is 0.269 e. The van der Waals surface area contributed by atoms with Gasteiger partial charge in [-0.25, -0.2) is 0 Å². The molecule has 1 amide bonds. The van der Waals surface area contributed by atoms with Crippen LogP contribution in [-0.4, -0.2) is 17.4 Å². The van der Waals surface area contributed by atoms with Crippen LogP contribution >= 0.6 is 15.9 Å². The van der Waals surface area contributed by atoms with Crippen molar-refractivity contribution in [3.63, 3.8) is 0 Å². The maximum absolute atomic E-state index is 11.9. The molecule has 0 unspecified atom stereocenters. The van der Waals surface area contributed by atoms with Crippen LogP contribution in [0, 0.1) is 10.1 Å². The summed E-state index contributed by atoms with van der Waals surface area (Å²) in [5.74, 6) is 1.40. The Labute approximate surface area is 163 Å². The maximum atomic E-state index is 11.9. The van der Waals surface area contributed by atoms with Crippen LogP contribution in [-0.2, 0) is 11.3 Å². The van der Waals surface area contributed by atoms with Crippen LogP contribution < -0.4 is 10.1 Å². The van der Waals surface area contributed by atoms with Gasteiger partial charge in [-0.3, -0.25) is 14.9 Å². The highest BCUT2D eigenvalue weighted by molar-refractivity contribution is 9.10. The highest BCUT2D eigenvalue weighted by Gasteiger charge is 2.09. The molecule has 3 rings (SSSR count). The molecule has 0 aliphatic carbocycles. The number of rotatable bonds is 7. The molecular weight excluding hydrogens is 416 g/mol. The fraction of sp³-hybridized carbons (Fsp3) is 0.105. The number of nitro groups is 1. The van der Waals surface area contributed by atoms with Gasteiger partial charge in [0.2, 0.25) is 0 Å². The summed E-state index contributed by atoms with van der Waals surface area (Å²) in [6.45, 7) is 0.0388. The first-order valence-corrected chi connectivity index (χ1v) is 8.79. The molecule has 0 spiro atoms. The van der Waals surface area contributed by atoms with E-state index in [1.165, 1.54) is 24.3 Å². The Kier molecular flexibility index (Phi) is 5.87. The molecule has 1 N–H and O–H groups in total. The number of nitro benzene ring substituents is 1. The molecule has 2 aromatic carbocycles. The zero-order chi connectivity index (χ0) is 19.2. The Balaban J connectivity index is 1.48. The van der Waals surface area contributed by atoms with E-state index in [-0.39, 0.29) is 24.7 Å².